The summed E-state index contributed by atoms with van der Waals surface area (Å²) in [6, 6.07) is 16.8. The minimum atomic E-state index is -1.29. The van der Waals surface area contributed by atoms with E-state index in [9.17, 15) is 4.79 Å². The molecule has 0 saturated carbocycles. The number of carbonyl (C=O) groups excluding carboxylic acids is 1. The molecule has 0 spiro atoms. The SMILES string of the molecule is CSc1c(C2CC3CCC(C2)N3C(=O)OC(C)(C)C)nc2c(-c3ccc(-c4ccccc4)nc3)cnn2c1N(COCC[Si](C)(C)C)COCC[Si](C)(C)C. The maximum absolute atomic E-state index is 13.5. The summed E-state index contributed by atoms with van der Waals surface area (Å²) in [5, 5.41) is 5.04. The van der Waals surface area contributed by atoms with E-state index in [0.29, 0.717) is 26.7 Å². The Morgan fingerprint density at radius 1 is 0.873 bits per heavy atom. The van der Waals surface area contributed by atoms with Crippen molar-refractivity contribution in [2.24, 2.45) is 0 Å². The first-order chi connectivity index (χ1) is 26.0. The molecule has 0 radical (unpaired) electrons. The van der Waals surface area contributed by atoms with E-state index in [0.717, 1.165) is 82.2 Å². The lowest BCUT2D eigenvalue weighted by atomic mass is 9.88. The number of rotatable bonds is 15. The van der Waals surface area contributed by atoms with E-state index in [2.05, 4.69) is 74.7 Å². The molecule has 3 aromatic heterocycles. The number of aromatic nitrogens is 4. The highest BCUT2D eigenvalue weighted by atomic mass is 32.2. The van der Waals surface area contributed by atoms with Crippen LogP contribution in [-0.4, -0.2) is 97.3 Å². The molecule has 10 nitrogen and oxygen atoms in total. The summed E-state index contributed by atoms with van der Waals surface area (Å²) in [6.45, 7) is 22.3. The highest BCUT2D eigenvalue weighted by Crippen LogP contribution is 2.47. The molecule has 5 heterocycles. The quantitative estimate of drug-likeness (QED) is 0.0504. The van der Waals surface area contributed by atoms with Gasteiger partial charge in [-0.15, -0.1) is 11.8 Å². The van der Waals surface area contributed by atoms with Gasteiger partial charge in [-0.3, -0.25) is 4.98 Å². The number of hydrogen-bond acceptors (Lipinski definition) is 9. The first-order valence-corrected chi connectivity index (χ1v) is 28.5. The molecule has 2 saturated heterocycles. The smallest absolute Gasteiger partial charge is 0.410 e. The van der Waals surface area contributed by atoms with Crippen LogP contribution in [0.5, 0.6) is 0 Å². The van der Waals surface area contributed by atoms with Gasteiger partial charge in [-0.1, -0.05) is 75.7 Å². The molecule has 2 atom stereocenters. The van der Waals surface area contributed by atoms with Gasteiger partial charge in [-0.2, -0.15) is 9.61 Å². The Bertz CT molecular complexity index is 1870. The summed E-state index contributed by atoms with van der Waals surface area (Å²) < 4.78 is 20.8. The Labute approximate surface area is 334 Å². The van der Waals surface area contributed by atoms with E-state index in [1.165, 1.54) is 0 Å². The molecule has 0 N–H and O–H groups in total. The number of ether oxygens (including phenoxy) is 3. The second-order valence-electron chi connectivity index (χ2n) is 18.6. The van der Waals surface area contributed by atoms with Gasteiger partial charge in [0.25, 0.3) is 0 Å². The monoisotopic (exact) mass is 802 g/mol. The van der Waals surface area contributed by atoms with Gasteiger partial charge in [0, 0.05) is 70.3 Å². The molecule has 2 fully saturated rings. The highest BCUT2D eigenvalue weighted by Gasteiger charge is 2.46. The van der Waals surface area contributed by atoms with Crippen molar-refractivity contribution >= 4 is 45.5 Å². The molecule has 2 aliphatic rings. The third-order valence-electron chi connectivity index (χ3n) is 10.5. The summed E-state index contributed by atoms with van der Waals surface area (Å²) in [5.41, 5.74) is 5.19. The molecule has 55 heavy (non-hydrogen) atoms. The summed E-state index contributed by atoms with van der Waals surface area (Å²) >= 11 is 1.71. The number of fused-ring (bicyclic) bond motifs is 3. The fourth-order valence-corrected chi connectivity index (χ4v) is 9.88. The highest BCUT2D eigenvalue weighted by molar-refractivity contribution is 7.98. The Kier molecular flexibility index (Phi) is 12.9. The summed E-state index contributed by atoms with van der Waals surface area (Å²) in [6.07, 6.45) is 9.41. The van der Waals surface area contributed by atoms with Crippen LogP contribution in [0, 0.1) is 0 Å². The van der Waals surface area contributed by atoms with Gasteiger partial charge in [0.1, 0.15) is 19.1 Å². The topological polar surface area (TPSA) is 94.3 Å². The molecule has 1 amide bonds. The van der Waals surface area contributed by atoms with E-state index in [1.54, 1.807) is 11.8 Å². The van der Waals surface area contributed by atoms with Gasteiger partial charge in [0.2, 0.25) is 0 Å². The standard InChI is InChI=1S/C42H62N6O4SSi2/c1-42(2,3)52-41(49)47-33-17-18-34(47)25-32(24-33)37-38(53-4)40(46(28-50-20-22-54(5,6)7)29-51-21-23-55(8,9)10)48-39(45-37)35(27-44-48)31-16-19-36(43-26-31)30-14-12-11-13-15-30/h11-16,19,26-27,32-34H,17-18,20-25,28-29H2,1-10H3. The van der Waals surface area contributed by atoms with Crippen molar-refractivity contribution in [3.63, 3.8) is 0 Å². The molecule has 0 aliphatic carbocycles. The van der Waals surface area contributed by atoms with E-state index in [4.69, 9.17) is 29.3 Å². The van der Waals surface area contributed by atoms with E-state index in [-0.39, 0.29) is 24.1 Å². The summed E-state index contributed by atoms with van der Waals surface area (Å²) in [7, 11) is -2.59. The molecule has 298 valence electrons. The molecule has 1 aromatic carbocycles. The number of amides is 1. The number of carbonyl (C=O) groups is 1. The second kappa shape index (κ2) is 17.1. The Hall–Kier alpha value is -3.24. The number of hydrogen-bond donors (Lipinski definition) is 0. The van der Waals surface area contributed by atoms with Gasteiger partial charge in [-0.25, -0.2) is 9.78 Å². The van der Waals surface area contributed by atoms with Gasteiger partial charge < -0.3 is 24.0 Å². The van der Waals surface area contributed by atoms with Crippen molar-refractivity contribution in [1.29, 1.82) is 0 Å². The van der Waals surface area contributed by atoms with Crippen LogP contribution < -0.4 is 4.90 Å². The fraction of sp³-hybridized carbons (Fsp3) is 0.571. The molecule has 2 unspecified atom stereocenters. The van der Waals surface area contributed by atoms with Gasteiger partial charge in [0.05, 0.1) is 22.5 Å². The molecular weight excluding hydrogens is 741 g/mol. The largest absolute Gasteiger partial charge is 0.444 e. The minimum Gasteiger partial charge on any atom is -0.444 e. The van der Waals surface area contributed by atoms with Crippen molar-refractivity contribution in [3.8, 4) is 22.4 Å². The first-order valence-electron chi connectivity index (χ1n) is 19.9. The van der Waals surface area contributed by atoms with Crippen molar-refractivity contribution in [1.82, 2.24) is 24.5 Å². The van der Waals surface area contributed by atoms with E-state index < -0.39 is 21.7 Å². The molecular formula is C42H62N6O4SSi2. The Balaban J connectivity index is 1.42. The van der Waals surface area contributed by atoms with Crippen molar-refractivity contribution in [2.45, 2.75) is 126 Å². The number of pyridine rings is 1. The molecule has 6 rings (SSSR count). The average molecular weight is 803 g/mol. The molecule has 4 aromatic rings. The predicted molar refractivity (Wildman–Crippen MR) is 231 cm³/mol. The number of piperidine rings is 1. The number of nitrogens with zero attached hydrogens (tertiary/aromatic N) is 6. The predicted octanol–water partition coefficient (Wildman–Crippen LogP) is 10.3. The van der Waals surface area contributed by atoms with Crippen LogP contribution in [0.2, 0.25) is 51.4 Å². The average Bonchev–Trinajstić information content (AvgIpc) is 3.66. The van der Waals surface area contributed by atoms with E-state index in [1.807, 2.05) is 60.8 Å². The molecule has 2 bridgehead atoms. The Morgan fingerprint density at radius 3 is 2.02 bits per heavy atom. The fourth-order valence-electron chi connectivity index (χ4n) is 7.55. The van der Waals surface area contributed by atoms with Crippen molar-refractivity contribution < 1.29 is 19.0 Å². The zero-order valence-corrected chi connectivity index (χ0v) is 37.5. The zero-order chi connectivity index (χ0) is 39.5. The third-order valence-corrected chi connectivity index (χ3v) is 14.7. The second-order valence-corrected chi connectivity index (χ2v) is 30.7. The summed E-state index contributed by atoms with van der Waals surface area (Å²) in [5.74, 6) is 1.10. The van der Waals surface area contributed by atoms with Crippen molar-refractivity contribution in [2.75, 3.05) is 37.8 Å². The lowest BCUT2D eigenvalue weighted by molar-refractivity contribution is 0.00559. The maximum Gasteiger partial charge on any atom is 0.410 e. The summed E-state index contributed by atoms with van der Waals surface area (Å²) in [4.78, 5) is 29.2. The lowest BCUT2D eigenvalue weighted by Crippen LogP contribution is -2.48. The van der Waals surface area contributed by atoms with Crippen molar-refractivity contribution in [3.05, 3.63) is 60.6 Å². The van der Waals surface area contributed by atoms with Crippen LogP contribution in [0.1, 0.15) is 58.1 Å². The van der Waals surface area contributed by atoms with Gasteiger partial charge in [0.15, 0.2) is 11.5 Å². The van der Waals surface area contributed by atoms with Crippen LogP contribution in [0.25, 0.3) is 28.0 Å². The maximum atomic E-state index is 13.5. The van der Waals surface area contributed by atoms with Crippen LogP contribution in [-0.2, 0) is 14.2 Å². The molecule has 2 aliphatic heterocycles. The van der Waals surface area contributed by atoms with Gasteiger partial charge >= 0.3 is 6.09 Å². The van der Waals surface area contributed by atoms with Crippen LogP contribution >= 0.6 is 11.8 Å². The Morgan fingerprint density at radius 2 is 1.49 bits per heavy atom. The normalized spacial score (nSPS) is 18.9. The number of thioether (sulfide) groups is 1. The first kappa shape index (κ1) is 41.4. The van der Waals surface area contributed by atoms with Crippen LogP contribution in [0.3, 0.4) is 0 Å². The van der Waals surface area contributed by atoms with E-state index >= 15 is 0 Å². The zero-order valence-electron chi connectivity index (χ0n) is 34.7. The molecule has 13 heteroatoms. The number of benzene rings is 1. The third kappa shape index (κ3) is 10.4. The minimum absolute atomic E-state index is 0.111. The lowest BCUT2D eigenvalue weighted by Gasteiger charge is -2.40. The van der Waals surface area contributed by atoms with Crippen LogP contribution in [0.4, 0.5) is 10.6 Å². The number of anilines is 1. The van der Waals surface area contributed by atoms with Crippen LogP contribution in [0.15, 0.2) is 59.8 Å². The van der Waals surface area contributed by atoms with Gasteiger partial charge in [-0.05, 0) is 70.9 Å².